The summed E-state index contributed by atoms with van der Waals surface area (Å²) >= 11 is 0. The number of aliphatic hydroxyl groups excluding tert-OH is 1. The van der Waals surface area contributed by atoms with Crippen molar-refractivity contribution in [3.8, 4) is 0 Å². The largest absolute Gasteiger partial charge is 2.00 e. The first-order chi connectivity index (χ1) is 7.54. The molecule has 1 unspecified atom stereocenters. The van der Waals surface area contributed by atoms with Gasteiger partial charge in [0.2, 0.25) is 0 Å². The van der Waals surface area contributed by atoms with Gasteiger partial charge in [-0.15, -0.1) is 0 Å². The molecule has 0 saturated carbocycles. The Bertz CT molecular complexity index is 220. The van der Waals surface area contributed by atoms with Crippen LogP contribution in [-0.2, 0) is 31.0 Å². The van der Waals surface area contributed by atoms with Gasteiger partial charge in [0.1, 0.15) is 0 Å². The maximum absolute atomic E-state index is 9.34. The van der Waals surface area contributed by atoms with E-state index in [-0.39, 0.29) is 26.2 Å². The van der Waals surface area contributed by atoms with Crippen LogP contribution in [0.4, 0.5) is 0 Å². The van der Waals surface area contributed by atoms with Crippen LogP contribution in [0.1, 0.15) is 6.92 Å². The maximum atomic E-state index is 9.34. The zero-order valence-corrected chi connectivity index (χ0v) is 12.3. The normalized spacial score (nSPS) is 38.7. The molecule has 0 aromatic rings. The molecule has 0 aliphatic carbocycles. The first kappa shape index (κ1) is 15.2. The van der Waals surface area contributed by atoms with Crippen molar-refractivity contribution in [2.75, 3.05) is 40.0 Å². The molecule has 0 spiro atoms. The maximum Gasteiger partial charge on any atom is 2.00 e. The average molecular weight is 320 g/mol. The van der Waals surface area contributed by atoms with E-state index in [1.165, 1.54) is 40.0 Å². The molecule has 4 aliphatic rings. The SMILES string of the molecule is C1N2CN3CN1CN(C2)C3.CC(O)C(=O)[O-].[Zr+2]. The summed E-state index contributed by atoms with van der Waals surface area (Å²) < 4.78 is 0. The summed E-state index contributed by atoms with van der Waals surface area (Å²) in [6.45, 7) is 8.26. The van der Waals surface area contributed by atoms with Crippen molar-refractivity contribution in [2.45, 2.75) is 13.0 Å². The molecule has 4 aliphatic heterocycles. The molecule has 4 saturated heterocycles. The van der Waals surface area contributed by atoms with E-state index < -0.39 is 12.1 Å². The Hall–Kier alpha value is 0.153. The summed E-state index contributed by atoms with van der Waals surface area (Å²) in [4.78, 5) is 19.2. The van der Waals surface area contributed by atoms with E-state index in [1.54, 1.807) is 0 Å². The molecule has 4 rings (SSSR count). The smallest absolute Gasteiger partial charge is 0.547 e. The van der Waals surface area contributed by atoms with Gasteiger partial charge in [-0.3, -0.25) is 19.6 Å². The number of carbonyl (C=O) groups excluding carboxylic acids is 1. The molecule has 4 fully saturated rings. The van der Waals surface area contributed by atoms with E-state index in [0.29, 0.717) is 0 Å². The third-order valence-electron chi connectivity index (χ3n) is 2.74. The summed E-state index contributed by atoms with van der Waals surface area (Å²) in [5.74, 6) is -1.44. The first-order valence-electron chi connectivity index (χ1n) is 5.33. The molecule has 0 amide bonds. The van der Waals surface area contributed by atoms with E-state index in [2.05, 4.69) is 19.6 Å². The predicted octanol–water partition coefficient (Wildman–Crippen LogP) is -2.91. The van der Waals surface area contributed by atoms with E-state index >= 15 is 0 Å². The van der Waals surface area contributed by atoms with E-state index in [1.807, 2.05) is 0 Å². The van der Waals surface area contributed by atoms with Crippen molar-refractivity contribution in [1.29, 1.82) is 0 Å². The summed E-state index contributed by atoms with van der Waals surface area (Å²) in [7, 11) is 0. The standard InChI is InChI=1S/C6H12N4.C3H6O3.Zr/c1-7-2-9-4-8(1)5-10(3-7)6-9;1-2(4)3(5)6;/h1-6H2;2,4H,1H3,(H,5,6);/q;;+2/p-1. The number of hydrogen-bond donors (Lipinski definition) is 1. The fraction of sp³-hybridized carbons (Fsp3) is 0.889. The molecule has 1 atom stereocenters. The Morgan fingerprint density at radius 1 is 1.00 bits per heavy atom. The molecular weight excluding hydrogens is 303 g/mol. The quantitative estimate of drug-likeness (QED) is 0.555. The number of hydrogen-bond acceptors (Lipinski definition) is 7. The Labute approximate surface area is 120 Å². The topological polar surface area (TPSA) is 73.3 Å². The van der Waals surface area contributed by atoms with Gasteiger partial charge in [0.25, 0.3) is 0 Å². The van der Waals surface area contributed by atoms with Crippen LogP contribution in [0.15, 0.2) is 0 Å². The number of nitrogens with zero attached hydrogens (tertiary/aromatic N) is 4. The molecule has 7 nitrogen and oxygen atoms in total. The van der Waals surface area contributed by atoms with Gasteiger partial charge < -0.3 is 15.0 Å². The van der Waals surface area contributed by atoms with E-state index in [4.69, 9.17) is 5.11 Å². The number of carbonyl (C=O) groups is 1. The van der Waals surface area contributed by atoms with Gasteiger partial charge >= 0.3 is 26.2 Å². The van der Waals surface area contributed by atoms with Gasteiger partial charge in [0.05, 0.1) is 52.1 Å². The van der Waals surface area contributed by atoms with Crippen molar-refractivity contribution in [2.24, 2.45) is 0 Å². The number of aliphatic hydroxyl groups is 1. The third-order valence-corrected chi connectivity index (χ3v) is 2.74. The molecule has 17 heavy (non-hydrogen) atoms. The minimum absolute atomic E-state index is 0. The molecule has 0 aromatic heterocycles. The van der Waals surface area contributed by atoms with Gasteiger partial charge in [-0.05, 0) is 6.92 Å². The van der Waals surface area contributed by atoms with Crippen LogP contribution >= 0.6 is 0 Å². The molecule has 0 radical (unpaired) electrons. The molecular formula is C9H17N4O3Zr+. The van der Waals surface area contributed by atoms with Crippen LogP contribution < -0.4 is 5.11 Å². The molecule has 94 valence electrons. The van der Waals surface area contributed by atoms with E-state index in [0.717, 1.165) is 6.92 Å². The van der Waals surface area contributed by atoms with Crippen LogP contribution in [0.3, 0.4) is 0 Å². The van der Waals surface area contributed by atoms with Crippen LogP contribution in [0.25, 0.3) is 0 Å². The molecule has 0 aromatic carbocycles. The second kappa shape index (κ2) is 6.36. The summed E-state index contributed by atoms with van der Waals surface area (Å²) in [5.41, 5.74) is 0. The van der Waals surface area contributed by atoms with Crippen LogP contribution in [-0.4, -0.2) is 76.8 Å². The monoisotopic (exact) mass is 319 g/mol. The third kappa shape index (κ3) is 4.08. The minimum atomic E-state index is -1.44. The summed E-state index contributed by atoms with van der Waals surface area (Å²) in [6.07, 6.45) is -1.34. The summed E-state index contributed by atoms with van der Waals surface area (Å²) in [5, 5.41) is 17.3. The van der Waals surface area contributed by atoms with Gasteiger partial charge in [0.15, 0.2) is 0 Å². The number of aliphatic carboxylic acids is 1. The predicted molar refractivity (Wildman–Crippen MR) is 53.2 cm³/mol. The molecule has 1 N–H and O–H groups in total. The second-order valence-corrected chi connectivity index (χ2v) is 4.53. The Kier molecular flexibility index (Phi) is 5.69. The Morgan fingerprint density at radius 2 is 1.18 bits per heavy atom. The van der Waals surface area contributed by atoms with Gasteiger partial charge in [-0.2, -0.15) is 0 Å². The number of rotatable bonds is 1. The van der Waals surface area contributed by atoms with Crippen molar-refractivity contribution >= 4 is 5.97 Å². The molecule has 4 heterocycles. The molecule has 4 bridgehead atoms. The van der Waals surface area contributed by atoms with Crippen LogP contribution in [0, 0.1) is 0 Å². The van der Waals surface area contributed by atoms with Crippen molar-refractivity contribution in [3.63, 3.8) is 0 Å². The van der Waals surface area contributed by atoms with Gasteiger partial charge in [-0.25, -0.2) is 0 Å². The zero-order valence-electron chi connectivity index (χ0n) is 9.87. The average Bonchev–Trinajstić information content (AvgIpc) is 2.15. The summed E-state index contributed by atoms with van der Waals surface area (Å²) in [6, 6.07) is 0. The molecule has 8 heteroatoms. The van der Waals surface area contributed by atoms with E-state index in [9.17, 15) is 9.90 Å². The van der Waals surface area contributed by atoms with Gasteiger partial charge in [-0.1, -0.05) is 0 Å². The zero-order chi connectivity index (χ0) is 11.7. The van der Waals surface area contributed by atoms with Crippen LogP contribution in [0.2, 0.25) is 0 Å². The number of carboxylic acid groups (broad SMARTS) is 1. The minimum Gasteiger partial charge on any atom is -0.547 e. The van der Waals surface area contributed by atoms with Crippen LogP contribution in [0.5, 0.6) is 0 Å². The Balaban J connectivity index is 0.000000184. The van der Waals surface area contributed by atoms with Crippen molar-refractivity contribution in [3.05, 3.63) is 0 Å². The Morgan fingerprint density at radius 3 is 1.29 bits per heavy atom. The fourth-order valence-electron chi connectivity index (χ4n) is 2.23. The number of carboxylic acids is 1. The van der Waals surface area contributed by atoms with Gasteiger partial charge in [0, 0.05) is 0 Å². The second-order valence-electron chi connectivity index (χ2n) is 4.53. The van der Waals surface area contributed by atoms with Crippen molar-refractivity contribution < 1.29 is 41.2 Å². The first-order valence-corrected chi connectivity index (χ1v) is 5.33. The fourth-order valence-corrected chi connectivity index (χ4v) is 2.23. The van der Waals surface area contributed by atoms with Crippen molar-refractivity contribution in [1.82, 2.24) is 19.6 Å².